The summed E-state index contributed by atoms with van der Waals surface area (Å²) in [5, 5.41) is 6.93. The first-order valence-electron chi connectivity index (χ1n) is 9.54. The lowest BCUT2D eigenvalue weighted by molar-refractivity contribution is 0.216. The van der Waals surface area contributed by atoms with Crippen molar-refractivity contribution in [2.45, 2.75) is 45.8 Å². The van der Waals surface area contributed by atoms with E-state index in [1.54, 1.807) is 0 Å². The molecule has 27 heavy (non-hydrogen) atoms. The number of nitrogens with one attached hydrogen (secondary N) is 2. The van der Waals surface area contributed by atoms with Crippen LogP contribution in [0.15, 0.2) is 41.4 Å². The highest BCUT2D eigenvalue weighted by molar-refractivity contribution is 14.0. The summed E-state index contributed by atoms with van der Waals surface area (Å²) in [6.07, 6.45) is 2.32. The first kappa shape index (κ1) is 23.8. The number of ether oxygens (including phenoxy) is 1. The average molecular weight is 486 g/mol. The van der Waals surface area contributed by atoms with Crippen molar-refractivity contribution in [1.29, 1.82) is 0 Å². The molecule has 1 unspecified atom stereocenters. The quantitative estimate of drug-likeness (QED) is 0.268. The topological polar surface area (TPSA) is 48.9 Å². The molecule has 152 valence electrons. The van der Waals surface area contributed by atoms with Gasteiger partial charge in [0, 0.05) is 32.7 Å². The number of aryl methyl sites for hydroxylation is 1. The zero-order valence-electron chi connectivity index (χ0n) is 17.1. The van der Waals surface area contributed by atoms with Crippen molar-refractivity contribution < 1.29 is 4.74 Å². The van der Waals surface area contributed by atoms with Crippen LogP contribution in [0.5, 0.6) is 5.75 Å². The van der Waals surface area contributed by atoms with Gasteiger partial charge in [0.2, 0.25) is 0 Å². The Labute approximate surface area is 181 Å². The van der Waals surface area contributed by atoms with Crippen LogP contribution >= 0.6 is 24.0 Å². The molecule has 1 aliphatic heterocycles. The van der Waals surface area contributed by atoms with E-state index in [-0.39, 0.29) is 30.1 Å². The summed E-state index contributed by atoms with van der Waals surface area (Å²) in [5.41, 5.74) is 2.39. The molecule has 1 atom stereocenters. The first-order valence-corrected chi connectivity index (χ1v) is 9.54. The predicted molar refractivity (Wildman–Crippen MR) is 125 cm³/mol. The largest absolute Gasteiger partial charge is 0.489 e. The van der Waals surface area contributed by atoms with Gasteiger partial charge in [0.15, 0.2) is 5.96 Å². The van der Waals surface area contributed by atoms with Gasteiger partial charge in [-0.3, -0.25) is 9.89 Å². The molecule has 1 aromatic carbocycles. The highest BCUT2D eigenvalue weighted by Gasteiger charge is 2.20. The van der Waals surface area contributed by atoms with Gasteiger partial charge in [0.25, 0.3) is 0 Å². The highest BCUT2D eigenvalue weighted by Crippen LogP contribution is 2.17. The van der Waals surface area contributed by atoms with Crippen molar-refractivity contribution in [2.75, 3.05) is 33.2 Å². The number of halogens is 1. The molecule has 6 heteroatoms. The Morgan fingerprint density at radius 1 is 1.33 bits per heavy atom. The third kappa shape index (κ3) is 8.51. The fraction of sp³-hybridized carbons (Fsp3) is 0.571. The highest BCUT2D eigenvalue weighted by atomic mass is 127. The van der Waals surface area contributed by atoms with Crippen LogP contribution in [0.25, 0.3) is 0 Å². The number of hydrogen-bond acceptors (Lipinski definition) is 3. The summed E-state index contributed by atoms with van der Waals surface area (Å²) in [4.78, 5) is 6.82. The second-order valence-corrected chi connectivity index (χ2v) is 7.30. The zero-order chi connectivity index (χ0) is 18.9. The Morgan fingerprint density at radius 3 is 2.59 bits per heavy atom. The summed E-state index contributed by atoms with van der Waals surface area (Å²) in [7, 11) is 1.82. The van der Waals surface area contributed by atoms with Crippen molar-refractivity contribution in [2.24, 2.45) is 4.99 Å². The van der Waals surface area contributed by atoms with Gasteiger partial charge in [0.1, 0.15) is 11.9 Å². The molecule has 0 amide bonds. The number of benzene rings is 1. The van der Waals surface area contributed by atoms with E-state index < -0.39 is 0 Å². The maximum atomic E-state index is 6.02. The third-order valence-corrected chi connectivity index (χ3v) is 4.62. The van der Waals surface area contributed by atoms with Crippen LogP contribution in [-0.4, -0.2) is 56.2 Å². The molecule has 1 aliphatic rings. The van der Waals surface area contributed by atoms with E-state index in [4.69, 9.17) is 4.74 Å². The molecular formula is C21H35IN4O. The Kier molecular flexibility index (Phi) is 10.8. The maximum Gasteiger partial charge on any atom is 0.191 e. The van der Waals surface area contributed by atoms with Gasteiger partial charge in [-0.1, -0.05) is 30.4 Å². The van der Waals surface area contributed by atoms with E-state index in [9.17, 15) is 0 Å². The number of likely N-dealkylation sites (tertiary alicyclic amines) is 1. The Balaban J connectivity index is 0.00000364. The van der Waals surface area contributed by atoms with E-state index >= 15 is 0 Å². The lowest BCUT2D eigenvalue weighted by Crippen LogP contribution is -2.50. The number of guanidine groups is 1. The molecule has 2 N–H and O–H groups in total. The second-order valence-electron chi connectivity index (χ2n) is 7.30. The fourth-order valence-corrected chi connectivity index (χ4v) is 3.19. The van der Waals surface area contributed by atoms with E-state index in [0.29, 0.717) is 12.6 Å². The first-order chi connectivity index (χ1) is 12.5. The van der Waals surface area contributed by atoms with Crippen LogP contribution < -0.4 is 15.4 Å². The van der Waals surface area contributed by atoms with Gasteiger partial charge in [-0.15, -0.1) is 24.0 Å². The molecule has 0 aliphatic carbocycles. The number of para-hydroxylation sites is 1. The SMILES string of the molecule is C=C(C)CN1CCC(NC(=NC)NCC(C)Oc2ccccc2C)CC1.I. The molecule has 1 fully saturated rings. The molecule has 0 bridgehead atoms. The summed E-state index contributed by atoms with van der Waals surface area (Å²) in [6, 6.07) is 8.57. The van der Waals surface area contributed by atoms with E-state index in [2.05, 4.69) is 53.9 Å². The summed E-state index contributed by atoms with van der Waals surface area (Å²) in [5.74, 6) is 1.79. The molecule has 0 saturated carbocycles. The lowest BCUT2D eigenvalue weighted by Gasteiger charge is -2.33. The molecule has 0 spiro atoms. The fourth-order valence-electron chi connectivity index (χ4n) is 3.19. The van der Waals surface area contributed by atoms with Crippen LogP contribution in [-0.2, 0) is 0 Å². The van der Waals surface area contributed by atoms with Crippen molar-refractivity contribution in [3.05, 3.63) is 42.0 Å². The van der Waals surface area contributed by atoms with Gasteiger partial charge in [0.05, 0.1) is 6.54 Å². The van der Waals surface area contributed by atoms with Crippen molar-refractivity contribution in [3.63, 3.8) is 0 Å². The smallest absolute Gasteiger partial charge is 0.191 e. The molecular weight excluding hydrogens is 451 g/mol. The van der Waals surface area contributed by atoms with Crippen LogP contribution in [0.4, 0.5) is 0 Å². The molecule has 1 saturated heterocycles. The second kappa shape index (κ2) is 12.2. The molecule has 1 aromatic rings. The minimum absolute atomic E-state index is 0. The summed E-state index contributed by atoms with van der Waals surface area (Å²) in [6.45, 7) is 14.2. The maximum absolute atomic E-state index is 6.02. The molecule has 2 rings (SSSR count). The van der Waals surface area contributed by atoms with Crippen molar-refractivity contribution in [3.8, 4) is 5.75 Å². The lowest BCUT2D eigenvalue weighted by atomic mass is 10.0. The Hall–Kier alpha value is -1.28. The monoisotopic (exact) mass is 486 g/mol. The molecule has 1 heterocycles. The average Bonchev–Trinajstić information content (AvgIpc) is 2.61. The van der Waals surface area contributed by atoms with Gasteiger partial charge in [-0.05, 0) is 45.2 Å². The van der Waals surface area contributed by atoms with Gasteiger partial charge in [-0.25, -0.2) is 0 Å². The predicted octanol–water partition coefficient (Wildman–Crippen LogP) is 3.59. The normalized spacial score (nSPS) is 17.0. The van der Waals surface area contributed by atoms with Gasteiger partial charge in [-0.2, -0.15) is 0 Å². The van der Waals surface area contributed by atoms with Crippen LogP contribution in [0.3, 0.4) is 0 Å². The Morgan fingerprint density at radius 2 is 2.00 bits per heavy atom. The van der Waals surface area contributed by atoms with Gasteiger partial charge < -0.3 is 15.4 Å². The number of hydrogen-bond donors (Lipinski definition) is 2. The standard InChI is InChI=1S/C21H34N4O.HI/c1-16(2)15-25-12-10-19(11-13-25)24-21(22-5)23-14-18(4)26-20-9-7-6-8-17(20)3;/h6-9,18-19H,1,10-15H2,2-5H3,(H2,22,23,24);1H. The summed E-state index contributed by atoms with van der Waals surface area (Å²) >= 11 is 0. The minimum Gasteiger partial charge on any atom is -0.489 e. The number of aliphatic imine (C=N–C) groups is 1. The molecule has 0 aromatic heterocycles. The van der Waals surface area contributed by atoms with Crippen LogP contribution in [0.2, 0.25) is 0 Å². The van der Waals surface area contributed by atoms with E-state index in [1.165, 1.54) is 5.57 Å². The number of nitrogens with zero attached hydrogens (tertiary/aromatic N) is 2. The molecule has 5 nitrogen and oxygen atoms in total. The van der Waals surface area contributed by atoms with Gasteiger partial charge >= 0.3 is 0 Å². The summed E-state index contributed by atoms with van der Waals surface area (Å²) < 4.78 is 6.02. The third-order valence-electron chi connectivity index (χ3n) is 4.62. The zero-order valence-corrected chi connectivity index (χ0v) is 19.5. The van der Waals surface area contributed by atoms with E-state index in [0.717, 1.165) is 49.7 Å². The number of rotatable bonds is 7. The van der Waals surface area contributed by atoms with Crippen LogP contribution in [0, 0.1) is 6.92 Å². The number of piperidine rings is 1. The van der Waals surface area contributed by atoms with Crippen LogP contribution in [0.1, 0.15) is 32.3 Å². The minimum atomic E-state index is 0. The Bertz CT molecular complexity index is 612. The molecule has 0 radical (unpaired) electrons. The van der Waals surface area contributed by atoms with Crippen molar-refractivity contribution >= 4 is 29.9 Å². The van der Waals surface area contributed by atoms with Crippen molar-refractivity contribution in [1.82, 2.24) is 15.5 Å². The van der Waals surface area contributed by atoms with E-state index in [1.807, 2.05) is 25.2 Å².